The quantitative estimate of drug-likeness (QED) is 0.527. The summed E-state index contributed by atoms with van der Waals surface area (Å²) in [4.78, 5) is 9.15. The molecule has 0 radical (unpaired) electrons. The standard InChI is InChI=1S/C17H13F3N8/c18-17(19,20)12-8-14(28-16(23-12)21-10-22-28)26-6-7-27-13(9-26)24-25-15(27)11-4-2-1-3-5-11/h1-5,8,10H,6-7,9H2. The summed E-state index contributed by atoms with van der Waals surface area (Å²) in [7, 11) is 0. The van der Waals surface area contributed by atoms with Crippen LogP contribution < -0.4 is 4.90 Å². The molecule has 28 heavy (non-hydrogen) atoms. The number of hydrogen-bond acceptors (Lipinski definition) is 6. The highest BCUT2D eigenvalue weighted by atomic mass is 19.4. The molecule has 3 aromatic heterocycles. The fraction of sp³-hybridized carbons (Fsp3) is 0.235. The van der Waals surface area contributed by atoms with Crippen LogP contribution in [0.2, 0.25) is 0 Å². The molecule has 1 aliphatic rings. The van der Waals surface area contributed by atoms with Gasteiger partial charge >= 0.3 is 6.18 Å². The maximum atomic E-state index is 13.2. The van der Waals surface area contributed by atoms with Gasteiger partial charge in [0.2, 0.25) is 0 Å². The second-order valence-electron chi connectivity index (χ2n) is 6.35. The first kappa shape index (κ1) is 16.7. The van der Waals surface area contributed by atoms with Crippen LogP contribution in [0.4, 0.5) is 19.0 Å². The van der Waals surface area contributed by atoms with Gasteiger partial charge in [-0.15, -0.1) is 10.2 Å². The largest absolute Gasteiger partial charge is 0.433 e. The molecule has 0 atom stereocenters. The van der Waals surface area contributed by atoms with Crippen LogP contribution in [-0.4, -0.2) is 40.9 Å². The third kappa shape index (κ3) is 2.66. The SMILES string of the molecule is FC(F)(F)c1cc(N2CCn3c(nnc3-c3ccccc3)C2)n2ncnc2n1. The summed E-state index contributed by atoms with van der Waals surface area (Å²) in [5.41, 5.74) is -0.0587. The van der Waals surface area contributed by atoms with Gasteiger partial charge in [0.05, 0.1) is 6.54 Å². The van der Waals surface area contributed by atoms with Crippen LogP contribution in [0.25, 0.3) is 17.2 Å². The molecule has 5 rings (SSSR count). The Morgan fingerprint density at radius 2 is 1.82 bits per heavy atom. The summed E-state index contributed by atoms with van der Waals surface area (Å²) in [5, 5.41) is 12.5. The van der Waals surface area contributed by atoms with E-state index < -0.39 is 11.9 Å². The Labute approximate surface area is 156 Å². The van der Waals surface area contributed by atoms with Crippen molar-refractivity contribution >= 4 is 11.6 Å². The van der Waals surface area contributed by atoms with Crippen molar-refractivity contribution in [2.24, 2.45) is 0 Å². The average molecular weight is 386 g/mol. The summed E-state index contributed by atoms with van der Waals surface area (Å²) in [6.45, 7) is 1.31. The first-order valence-electron chi connectivity index (χ1n) is 8.51. The monoisotopic (exact) mass is 386 g/mol. The number of alkyl halides is 3. The molecule has 0 aliphatic carbocycles. The number of rotatable bonds is 2. The molecule has 11 heteroatoms. The molecule has 0 fully saturated rings. The van der Waals surface area contributed by atoms with Crippen LogP contribution in [0.1, 0.15) is 11.5 Å². The van der Waals surface area contributed by atoms with Gasteiger partial charge in [0.1, 0.15) is 12.1 Å². The fourth-order valence-electron chi connectivity index (χ4n) is 3.32. The van der Waals surface area contributed by atoms with Crippen molar-refractivity contribution in [3.8, 4) is 11.4 Å². The topological polar surface area (TPSA) is 77.0 Å². The maximum absolute atomic E-state index is 13.2. The van der Waals surface area contributed by atoms with Crippen LogP contribution in [-0.2, 0) is 19.3 Å². The van der Waals surface area contributed by atoms with Crippen molar-refractivity contribution in [2.75, 3.05) is 11.4 Å². The summed E-state index contributed by atoms with van der Waals surface area (Å²) in [6.07, 6.45) is -3.38. The second kappa shape index (κ2) is 6.01. The van der Waals surface area contributed by atoms with E-state index in [-0.39, 0.29) is 11.6 Å². The first-order chi connectivity index (χ1) is 13.5. The predicted molar refractivity (Wildman–Crippen MR) is 92.3 cm³/mol. The number of hydrogen-bond donors (Lipinski definition) is 0. The maximum Gasteiger partial charge on any atom is 0.433 e. The number of halogens is 3. The molecule has 142 valence electrons. The van der Waals surface area contributed by atoms with Gasteiger partial charge in [0.25, 0.3) is 5.78 Å². The zero-order chi connectivity index (χ0) is 19.3. The molecule has 0 saturated heterocycles. The Hall–Kier alpha value is -3.50. The number of benzene rings is 1. The van der Waals surface area contributed by atoms with Crippen molar-refractivity contribution in [3.63, 3.8) is 0 Å². The molecular weight excluding hydrogens is 373 g/mol. The van der Waals surface area contributed by atoms with Gasteiger partial charge in [-0.1, -0.05) is 30.3 Å². The van der Waals surface area contributed by atoms with Gasteiger partial charge in [0.15, 0.2) is 17.3 Å². The smallest absolute Gasteiger partial charge is 0.347 e. The number of aromatic nitrogens is 7. The molecule has 8 nitrogen and oxygen atoms in total. The summed E-state index contributed by atoms with van der Waals surface area (Å²) < 4.78 is 43.0. The Balaban J connectivity index is 1.54. The lowest BCUT2D eigenvalue weighted by atomic mass is 10.2. The van der Waals surface area contributed by atoms with Crippen LogP contribution in [0, 0.1) is 0 Å². The van der Waals surface area contributed by atoms with Crippen molar-refractivity contribution in [3.05, 3.63) is 54.2 Å². The van der Waals surface area contributed by atoms with Crippen LogP contribution in [0.15, 0.2) is 42.7 Å². The van der Waals surface area contributed by atoms with Crippen molar-refractivity contribution in [1.82, 2.24) is 34.3 Å². The van der Waals surface area contributed by atoms with E-state index in [9.17, 15) is 13.2 Å². The van der Waals surface area contributed by atoms with Gasteiger partial charge in [-0.3, -0.25) is 0 Å². The highest BCUT2D eigenvalue weighted by Crippen LogP contribution is 2.32. The van der Waals surface area contributed by atoms with Gasteiger partial charge in [0, 0.05) is 24.7 Å². The van der Waals surface area contributed by atoms with Gasteiger partial charge in [-0.2, -0.15) is 27.8 Å². The predicted octanol–water partition coefficient (Wildman–Crippen LogP) is 2.42. The number of fused-ring (bicyclic) bond motifs is 2. The zero-order valence-corrected chi connectivity index (χ0v) is 14.4. The van der Waals surface area contributed by atoms with E-state index in [4.69, 9.17) is 0 Å². The van der Waals surface area contributed by atoms with Crippen molar-refractivity contribution in [2.45, 2.75) is 19.3 Å². The molecule has 1 aromatic carbocycles. The molecular formula is C17H13F3N8. The van der Waals surface area contributed by atoms with Gasteiger partial charge < -0.3 is 9.47 Å². The molecule has 0 amide bonds. The summed E-state index contributed by atoms with van der Waals surface area (Å²) in [5.74, 6) is 1.59. The lowest BCUT2D eigenvalue weighted by Crippen LogP contribution is -2.35. The normalized spacial score (nSPS) is 14.5. The highest BCUT2D eigenvalue weighted by Gasteiger charge is 2.35. The lowest BCUT2D eigenvalue weighted by molar-refractivity contribution is -0.141. The Morgan fingerprint density at radius 3 is 2.61 bits per heavy atom. The minimum absolute atomic E-state index is 0.0955. The minimum Gasteiger partial charge on any atom is -0.347 e. The van der Waals surface area contributed by atoms with Gasteiger partial charge in [-0.25, -0.2) is 4.98 Å². The Bertz CT molecular complexity index is 1150. The van der Waals surface area contributed by atoms with Crippen LogP contribution >= 0.6 is 0 Å². The Morgan fingerprint density at radius 1 is 1.00 bits per heavy atom. The summed E-state index contributed by atoms with van der Waals surface area (Å²) in [6, 6.07) is 10.6. The highest BCUT2D eigenvalue weighted by molar-refractivity contribution is 5.56. The van der Waals surface area contributed by atoms with E-state index in [1.54, 1.807) is 4.90 Å². The second-order valence-corrected chi connectivity index (χ2v) is 6.35. The average Bonchev–Trinajstić information content (AvgIpc) is 3.33. The molecule has 0 unspecified atom stereocenters. The lowest BCUT2D eigenvalue weighted by Gasteiger charge is -2.29. The van der Waals surface area contributed by atoms with E-state index in [1.165, 1.54) is 10.8 Å². The van der Waals surface area contributed by atoms with Crippen molar-refractivity contribution in [1.29, 1.82) is 0 Å². The van der Waals surface area contributed by atoms with Gasteiger partial charge in [-0.05, 0) is 0 Å². The molecule has 0 saturated carbocycles. The van der Waals surface area contributed by atoms with E-state index in [2.05, 4.69) is 25.3 Å². The third-order valence-corrected chi connectivity index (χ3v) is 4.63. The molecule has 0 N–H and O–H groups in total. The molecule has 1 aliphatic heterocycles. The number of anilines is 1. The summed E-state index contributed by atoms with van der Waals surface area (Å²) >= 11 is 0. The molecule has 0 spiro atoms. The van der Waals surface area contributed by atoms with Crippen LogP contribution in [0.3, 0.4) is 0 Å². The van der Waals surface area contributed by atoms with Crippen molar-refractivity contribution < 1.29 is 13.2 Å². The molecule has 4 aromatic rings. The minimum atomic E-state index is -4.57. The zero-order valence-electron chi connectivity index (χ0n) is 14.4. The van der Waals surface area contributed by atoms with E-state index in [0.29, 0.717) is 25.5 Å². The third-order valence-electron chi connectivity index (χ3n) is 4.63. The van der Waals surface area contributed by atoms with E-state index in [1.807, 2.05) is 34.9 Å². The molecule has 0 bridgehead atoms. The van der Waals surface area contributed by atoms with E-state index in [0.717, 1.165) is 17.5 Å². The molecule has 4 heterocycles. The first-order valence-corrected chi connectivity index (χ1v) is 8.51. The fourth-order valence-corrected chi connectivity index (χ4v) is 3.32. The Kier molecular flexibility index (Phi) is 3.57. The van der Waals surface area contributed by atoms with E-state index >= 15 is 0 Å². The van der Waals surface area contributed by atoms with Crippen LogP contribution in [0.5, 0.6) is 0 Å². The number of nitrogens with zero attached hydrogens (tertiary/aromatic N) is 8.